The number of pyridine rings is 1. The molecule has 0 aliphatic heterocycles. The zero-order valence-corrected chi connectivity index (χ0v) is 7.95. The summed E-state index contributed by atoms with van der Waals surface area (Å²) in [6.45, 7) is 2.06. The first-order chi connectivity index (χ1) is 6.77. The van der Waals surface area contributed by atoms with E-state index >= 15 is 0 Å². The van der Waals surface area contributed by atoms with E-state index in [2.05, 4.69) is 18.0 Å². The van der Waals surface area contributed by atoms with Gasteiger partial charge >= 0.3 is 0 Å². The molecule has 2 nitrogen and oxygen atoms in total. The molecule has 1 aromatic carbocycles. The van der Waals surface area contributed by atoms with Gasteiger partial charge in [-0.05, 0) is 29.7 Å². The summed E-state index contributed by atoms with van der Waals surface area (Å²) in [6, 6.07) is 11.5. The molecular weight excluding hydrogens is 174 g/mol. The highest BCUT2D eigenvalue weighted by Crippen LogP contribution is 2.20. The van der Waals surface area contributed by atoms with Crippen molar-refractivity contribution >= 4 is 0 Å². The molecule has 1 N–H and O–H groups in total. The number of aryl methyl sites for hydroxylation is 1. The lowest BCUT2D eigenvalue weighted by atomic mass is 10.0. The van der Waals surface area contributed by atoms with E-state index < -0.39 is 0 Å². The molecule has 0 unspecified atom stereocenters. The molecule has 1 aromatic heterocycles. The van der Waals surface area contributed by atoms with Crippen molar-refractivity contribution in [1.82, 2.24) is 4.98 Å². The minimum Gasteiger partial charge on any atom is -0.328 e. The molecule has 70 valence electrons. The molecule has 2 rings (SSSR count). The molecule has 0 bridgehead atoms. The predicted octanol–water partition coefficient (Wildman–Crippen LogP) is 2.35. The van der Waals surface area contributed by atoms with Gasteiger partial charge in [-0.1, -0.05) is 24.3 Å². The Morgan fingerprint density at radius 2 is 1.86 bits per heavy atom. The van der Waals surface area contributed by atoms with Crippen LogP contribution in [0.4, 0.5) is 0 Å². The first kappa shape index (κ1) is 8.75. The quantitative estimate of drug-likeness (QED) is 0.726. The number of aromatic nitrogens is 1. The standard InChI is InChI=1S/C12H11NO/c1-9-4-2-3-5-11(9)10-6-7-12(14)13-8-10/h2-8H,1H3,(H,13,14). The maximum Gasteiger partial charge on any atom is 0.247 e. The van der Waals surface area contributed by atoms with Crippen molar-refractivity contribution in [2.75, 3.05) is 0 Å². The van der Waals surface area contributed by atoms with Crippen LogP contribution in [-0.2, 0) is 0 Å². The fraction of sp³-hybridized carbons (Fsp3) is 0.0833. The molecule has 14 heavy (non-hydrogen) atoms. The number of H-pyrrole nitrogens is 1. The molecule has 0 aliphatic carbocycles. The van der Waals surface area contributed by atoms with Gasteiger partial charge in [-0.15, -0.1) is 0 Å². The van der Waals surface area contributed by atoms with Crippen molar-refractivity contribution in [2.45, 2.75) is 6.92 Å². The summed E-state index contributed by atoms with van der Waals surface area (Å²) in [4.78, 5) is 13.6. The van der Waals surface area contributed by atoms with E-state index in [0.29, 0.717) is 0 Å². The largest absolute Gasteiger partial charge is 0.328 e. The Hall–Kier alpha value is -1.83. The second-order valence-corrected chi connectivity index (χ2v) is 3.26. The van der Waals surface area contributed by atoms with Gasteiger partial charge in [0.2, 0.25) is 5.56 Å². The maximum absolute atomic E-state index is 10.9. The van der Waals surface area contributed by atoms with Crippen LogP contribution in [0.1, 0.15) is 5.56 Å². The molecule has 0 radical (unpaired) electrons. The third-order valence-corrected chi connectivity index (χ3v) is 2.24. The first-order valence-corrected chi connectivity index (χ1v) is 4.52. The van der Waals surface area contributed by atoms with Crippen LogP contribution >= 0.6 is 0 Å². The van der Waals surface area contributed by atoms with E-state index in [9.17, 15) is 4.79 Å². The summed E-state index contributed by atoms with van der Waals surface area (Å²) in [5.74, 6) is 0. The van der Waals surface area contributed by atoms with Gasteiger partial charge < -0.3 is 4.98 Å². The van der Waals surface area contributed by atoms with Gasteiger partial charge in [0.05, 0.1) is 0 Å². The summed E-state index contributed by atoms with van der Waals surface area (Å²) in [5.41, 5.74) is 3.34. The molecule has 0 saturated heterocycles. The van der Waals surface area contributed by atoms with Crippen molar-refractivity contribution in [1.29, 1.82) is 0 Å². The minimum atomic E-state index is -0.0673. The topological polar surface area (TPSA) is 32.9 Å². The zero-order valence-electron chi connectivity index (χ0n) is 7.95. The third kappa shape index (κ3) is 1.59. The third-order valence-electron chi connectivity index (χ3n) is 2.24. The molecule has 0 saturated carbocycles. The lowest BCUT2D eigenvalue weighted by Crippen LogP contribution is -2.01. The summed E-state index contributed by atoms with van der Waals surface area (Å²) in [6.07, 6.45) is 1.74. The predicted molar refractivity (Wildman–Crippen MR) is 57.2 cm³/mol. The molecule has 0 spiro atoms. The molecular formula is C12H11NO. The summed E-state index contributed by atoms with van der Waals surface area (Å²) < 4.78 is 0. The first-order valence-electron chi connectivity index (χ1n) is 4.52. The highest BCUT2D eigenvalue weighted by molar-refractivity contribution is 5.65. The van der Waals surface area contributed by atoms with Crippen LogP contribution in [0.5, 0.6) is 0 Å². The van der Waals surface area contributed by atoms with Gasteiger partial charge in [-0.3, -0.25) is 4.79 Å². The van der Waals surface area contributed by atoms with E-state index in [1.54, 1.807) is 12.3 Å². The summed E-state index contributed by atoms with van der Waals surface area (Å²) in [5, 5.41) is 0. The van der Waals surface area contributed by atoms with Crippen LogP contribution in [-0.4, -0.2) is 4.98 Å². The van der Waals surface area contributed by atoms with Crippen LogP contribution in [0.3, 0.4) is 0 Å². The molecule has 0 aliphatic rings. The van der Waals surface area contributed by atoms with Crippen LogP contribution in [0.25, 0.3) is 11.1 Å². The van der Waals surface area contributed by atoms with E-state index in [1.165, 1.54) is 5.56 Å². The van der Waals surface area contributed by atoms with Gasteiger partial charge in [-0.2, -0.15) is 0 Å². The van der Waals surface area contributed by atoms with Gasteiger partial charge in [0.1, 0.15) is 0 Å². The maximum atomic E-state index is 10.9. The van der Waals surface area contributed by atoms with Crippen molar-refractivity contribution in [2.24, 2.45) is 0 Å². The number of benzene rings is 1. The number of nitrogens with one attached hydrogen (secondary N) is 1. The summed E-state index contributed by atoms with van der Waals surface area (Å²) in [7, 11) is 0. The van der Waals surface area contributed by atoms with Crippen LogP contribution in [0.2, 0.25) is 0 Å². The fourth-order valence-corrected chi connectivity index (χ4v) is 1.47. The van der Waals surface area contributed by atoms with Crippen LogP contribution in [0, 0.1) is 6.92 Å². The number of hydrogen-bond donors (Lipinski definition) is 1. The SMILES string of the molecule is Cc1ccccc1-c1ccc(=O)[nH]c1. The normalized spacial score (nSPS) is 10.1. The Labute approximate surface area is 82.2 Å². The Bertz CT molecular complexity index is 479. The Morgan fingerprint density at radius 3 is 2.50 bits per heavy atom. The molecule has 0 atom stereocenters. The zero-order chi connectivity index (χ0) is 9.97. The van der Waals surface area contributed by atoms with E-state index in [1.807, 2.05) is 24.3 Å². The molecule has 0 fully saturated rings. The van der Waals surface area contributed by atoms with E-state index in [0.717, 1.165) is 11.1 Å². The lowest BCUT2D eigenvalue weighted by Gasteiger charge is -2.03. The highest BCUT2D eigenvalue weighted by Gasteiger charge is 1.99. The number of hydrogen-bond acceptors (Lipinski definition) is 1. The second-order valence-electron chi connectivity index (χ2n) is 3.26. The van der Waals surface area contributed by atoms with Gasteiger partial charge in [0.25, 0.3) is 0 Å². The second kappa shape index (κ2) is 3.50. The monoisotopic (exact) mass is 185 g/mol. The molecule has 2 heteroatoms. The minimum absolute atomic E-state index is 0.0673. The lowest BCUT2D eigenvalue weighted by molar-refractivity contribution is 1.24. The molecule has 0 amide bonds. The van der Waals surface area contributed by atoms with Crippen LogP contribution in [0.15, 0.2) is 47.4 Å². The molecule has 2 aromatic rings. The van der Waals surface area contributed by atoms with Gasteiger partial charge in [0.15, 0.2) is 0 Å². The average Bonchev–Trinajstić information content (AvgIpc) is 2.20. The number of aromatic amines is 1. The van der Waals surface area contributed by atoms with Crippen LogP contribution < -0.4 is 5.56 Å². The van der Waals surface area contributed by atoms with Crippen molar-refractivity contribution in [3.8, 4) is 11.1 Å². The van der Waals surface area contributed by atoms with E-state index in [-0.39, 0.29) is 5.56 Å². The average molecular weight is 185 g/mol. The van der Waals surface area contributed by atoms with Gasteiger partial charge in [-0.25, -0.2) is 0 Å². The molecule has 1 heterocycles. The fourth-order valence-electron chi connectivity index (χ4n) is 1.47. The van der Waals surface area contributed by atoms with Crippen molar-refractivity contribution < 1.29 is 0 Å². The Morgan fingerprint density at radius 1 is 1.07 bits per heavy atom. The highest BCUT2D eigenvalue weighted by atomic mass is 16.1. The van der Waals surface area contributed by atoms with Gasteiger partial charge in [0, 0.05) is 12.3 Å². The Balaban J connectivity index is 2.55. The Kier molecular flexibility index (Phi) is 2.19. The van der Waals surface area contributed by atoms with Crippen molar-refractivity contribution in [3.63, 3.8) is 0 Å². The summed E-state index contributed by atoms with van der Waals surface area (Å²) >= 11 is 0. The van der Waals surface area contributed by atoms with Crippen molar-refractivity contribution in [3.05, 3.63) is 58.5 Å². The smallest absolute Gasteiger partial charge is 0.247 e. The number of rotatable bonds is 1. The van der Waals surface area contributed by atoms with E-state index in [4.69, 9.17) is 0 Å².